The fourth-order valence-electron chi connectivity index (χ4n) is 2.95. The van der Waals surface area contributed by atoms with Crippen molar-refractivity contribution in [3.05, 3.63) is 0 Å². The van der Waals surface area contributed by atoms with E-state index < -0.39 is 0 Å². The molecule has 0 aromatic carbocycles. The molecule has 19 heavy (non-hydrogen) atoms. The smallest absolute Gasteiger partial charge is 0.239 e. The molecule has 2 rings (SSSR count). The predicted octanol–water partition coefficient (Wildman–Crippen LogP) is 0.165. The van der Waals surface area contributed by atoms with Crippen LogP contribution in [0.2, 0.25) is 0 Å². The van der Waals surface area contributed by atoms with Crippen LogP contribution in [0.5, 0.6) is 0 Å². The summed E-state index contributed by atoms with van der Waals surface area (Å²) in [7, 11) is 1.94. The number of likely N-dealkylation sites (N-methyl/N-ethyl adjacent to an activating group) is 1. The van der Waals surface area contributed by atoms with Crippen molar-refractivity contribution in [2.75, 3.05) is 53.0 Å². The zero-order chi connectivity index (χ0) is 13.7. The standard InChI is InChI=1S/C14H27N3O2/c1-12(17-7-5-15-6-8-17)14(18)16(2)11-13-3-9-19-10-4-13/h12-13,15H,3-11H2,1-2H3. The molecule has 0 radical (unpaired) electrons. The second-order valence-electron chi connectivity index (χ2n) is 5.74. The van der Waals surface area contributed by atoms with Gasteiger partial charge in [-0.2, -0.15) is 0 Å². The predicted molar refractivity (Wildman–Crippen MR) is 75.1 cm³/mol. The maximum Gasteiger partial charge on any atom is 0.239 e. The lowest BCUT2D eigenvalue weighted by Gasteiger charge is -2.35. The Hall–Kier alpha value is -0.650. The molecule has 5 nitrogen and oxygen atoms in total. The molecule has 1 atom stereocenters. The highest BCUT2D eigenvalue weighted by Gasteiger charge is 2.26. The summed E-state index contributed by atoms with van der Waals surface area (Å²) < 4.78 is 5.37. The van der Waals surface area contributed by atoms with Gasteiger partial charge >= 0.3 is 0 Å². The van der Waals surface area contributed by atoms with Crippen LogP contribution in [0.4, 0.5) is 0 Å². The summed E-state index contributed by atoms with van der Waals surface area (Å²) >= 11 is 0. The highest BCUT2D eigenvalue weighted by Crippen LogP contribution is 2.16. The summed E-state index contributed by atoms with van der Waals surface area (Å²) in [6.07, 6.45) is 2.17. The van der Waals surface area contributed by atoms with E-state index in [0.29, 0.717) is 5.92 Å². The maximum atomic E-state index is 12.4. The van der Waals surface area contributed by atoms with Crippen LogP contribution in [0.3, 0.4) is 0 Å². The third-order valence-electron chi connectivity index (χ3n) is 4.31. The number of hydrogen-bond donors (Lipinski definition) is 1. The van der Waals surface area contributed by atoms with Crippen molar-refractivity contribution >= 4 is 5.91 Å². The highest BCUT2D eigenvalue weighted by molar-refractivity contribution is 5.81. The van der Waals surface area contributed by atoms with Gasteiger partial charge in [-0.15, -0.1) is 0 Å². The van der Waals surface area contributed by atoms with E-state index >= 15 is 0 Å². The Morgan fingerprint density at radius 3 is 2.63 bits per heavy atom. The third-order valence-corrected chi connectivity index (χ3v) is 4.31. The van der Waals surface area contributed by atoms with Gasteiger partial charge in [0, 0.05) is 53.0 Å². The van der Waals surface area contributed by atoms with Crippen molar-refractivity contribution in [1.82, 2.24) is 15.1 Å². The van der Waals surface area contributed by atoms with E-state index in [1.165, 1.54) is 0 Å². The van der Waals surface area contributed by atoms with Gasteiger partial charge in [0.25, 0.3) is 0 Å². The molecule has 0 saturated carbocycles. The number of amides is 1. The van der Waals surface area contributed by atoms with Crippen molar-refractivity contribution in [1.29, 1.82) is 0 Å². The first-order valence-corrected chi connectivity index (χ1v) is 7.46. The minimum Gasteiger partial charge on any atom is -0.381 e. The van der Waals surface area contributed by atoms with Crippen LogP contribution in [-0.4, -0.2) is 74.7 Å². The van der Waals surface area contributed by atoms with Crippen LogP contribution >= 0.6 is 0 Å². The normalized spacial score (nSPS) is 24.1. The number of nitrogens with zero attached hydrogens (tertiary/aromatic N) is 2. The van der Waals surface area contributed by atoms with Gasteiger partial charge in [-0.05, 0) is 25.7 Å². The van der Waals surface area contributed by atoms with Crippen LogP contribution in [-0.2, 0) is 9.53 Å². The Bertz CT molecular complexity index is 286. The molecule has 2 aliphatic rings. The van der Waals surface area contributed by atoms with Gasteiger partial charge in [0.15, 0.2) is 0 Å². The van der Waals surface area contributed by atoms with Gasteiger partial charge < -0.3 is 15.0 Å². The highest BCUT2D eigenvalue weighted by atomic mass is 16.5. The summed E-state index contributed by atoms with van der Waals surface area (Å²) in [4.78, 5) is 16.6. The summed E-state index contributed by atoms with van der Waals surface area (Å²) in [6.45, 7) is 8.52. The fraction of sp³-hybridized carbons (Fsp3) is 0.929. The van der Waals surface area contributed by atoms with E-state index in [1.807, 2.05) is 18.9 Å². The number of hydrogen-bond acceptors (Lipinski definition) is 4. The molecule has 1 amide bonds. The minimum atomic E-state index is 0.00643. The summed E-state index contributed by atoms with van der Waals surface area (Å²) in [5.74, 6) is 0.867. The lowest BCUT2D eigenvalue weighted by Crippen LogP contribution is -2.53. The van der Waals surface area contributed by atoms with E-state index in [4.69, 9.17) is 4.74 Å². The van der Waals surface area contributed by atoms with Crippen LogP contribution < -0.4 is 5.32 Å². The Balaban J connectivity index is 1.79. The molecule has 0 aromatic rings. The summed E-state index contributed by atoms with van der Waals surface area (Å²) in [6, 6.07) is 0.00643. The van der Waals surface area contributed by atoms with Gasteiger partial charge in [-0.3, -0.25) is 9.69 Å². The van der Waals surface area contributed by atoms with Crippen molar-refractivity contribution in [3.63, 3.8) is 0 Å². The molecule has 0 aromatic heterocycles. The average molecular weight is 269 g/mol. The number of nitrogens with one attached hydrogen (secondary N) is 1. The monoisotopic (exact) mass is 269 g/mol. The van der Waals surface area contributed by atoms with Gasteiger partial charge in [-0.1, -0.05) is 0 Å². The van der Waals surface area contributed by atoms with E-state index in [0.717, 1.165) is 58.8 Å². The molecular formula is C14H27N3O2. The van der Waals surface area contributed by atoms with Gasteiger partial charge in [-0.25, -0.2) is 0 Å². The second-order valence-corrected chi connectivity index (χ2v) is 5.74. The zero-order valence-corrected chi connectivity index (χ0v) is 12.2. The number of carbonyl (C=O) groups excluding carboxylic acids is 1. The Labute approximate surface area is 116 Å². The molecule has 2 heterocycles. The Kier molecular flexibility index (Phi) is 5.60. The molecule has 2 fully saturated rings. The van der Waals surface area contributed by atoms with E-state index in [9.17, 15) is 4.79 Å². The Morgan fingerprint density at radius 1 is 1.37 bits per heavy atom. The molecule has 1 unspecified atom stereocenters. The number of ether oxygens (including phenoxy) is 1. The number of piperazine rings is 1. The molecule has 110 valence electrons. The molecule has 0 spiro atoms. The SMILES string of the molecule is CC(C(=O)N(C)CC1CCOCC1)N1CCNCC1. The van der Waals surface area contributed by atoms with Crippen molar-refractivity contribution in [2.24, 2.45) is 5.92 Å². The Morgan fingerprint density at radius 2 is 2.00 bits per heavy atom. The third kappa shape index (κ3) is 4.16. The topological polar surface area (TPSA) is 44.8 Å². The van der Waals surface area contributed by atoms with Gasteiger partial charge in [0.1, 0.15) is 0 Å². The van der Waals surface area contributed by atoms with Crippen LogP contribution in [0, 0.1) is 5.92 Å². The van der Waals surface area contributed by atoms with Crippen LogP contribution in [0.25, 0.3) is 0 Å². The van der Waals surface area contributed by atoms with Gasteiger partial charge in [0.2, 0.25) is 5.91 Å². The minimum absolute atomic E-state index is 0.00643. The average Bonchev–Trinajstić information content (AvgIpc) is 2.47. The molecular weight excluding hydrogens is 242 g/mol. The summed E-state index contributed by atoms with van der Waals surface area (Å²) in [5, 5.41) is 3.32. The molecule has 5 heteroatoms. The zero-order valence-electron chi connectivity index (χ0n) is 12.2. The van der Waals surface area contributed by atoms with Gasteiger partial charge in [0.05, 0.1) is 6.04 Å². The van der Waals surface area contributed by atoms with Crippen molar-refractivity contribution in [2.45, 2.75) is 25.8 Å². The van der Waals surface area contributed by atoms with E-state index in [1.54, 1.807) is 0 Å². The first-order chi connectivity index (χ1) is 9.18. The molecule has 0 aliphatic carbocycles. The fourth-order valence-corrected chi connectivity index (χ4v) is 2.95. The second kappa shape index (κ2) is 7.22. The van der Waals surface area contributed by atoms with Crippen LogP contribution in [0.1, 0.15) is 19.8 Å². The van der Waals surface area contributed by atoms with E-state index in [-0.39, 0.29) is 11.9 Å². The molecule has 1 N–H and O–H groups in total. The molecule has 2 aliphatic heterocycles. The molecule has 0 bridgehead atoms. The summed E-state index contributed by atoms with van der Waals surface area (Å²) in [5.41, 5.74) is 0. The van der Waals surface area contributed by atoms with E-state index in [2.05, 4.69) is 10.2 Å². The lowest BCUT2D eigenvalue weighted by molar-refractivity contribution is -0.136. The van der Waals surface area contributed by atoms with Crippen LogP contribution in [0.15, 0.2) is 0 Å². The molecule has 2 saturated heterocycles. The lowest BCUT2D eigenvalue weighted by atomic mass is 9.99. The number of rotatable bonds is 4. The maximum absolute atomic E-state index is 12.4. The number of carbonyl (C=O) groups is 1. The van der Waals surface area contributed by atoms with Crippen molar-refractivity contribution < 1.29 is 9.53 Å². The largest absolute Gasteiger partial charge is 0.381 e. The quantitative estimate of drug-likeness (QED) is 0.790. The first kappa shape index (κ1) is 14.8. The first-order valence-electron chi connectivity index (χ1n) is 7.46. The van der Waals surface area contributed by atoms with Crippen molar-refractivity contribution in [3.8, 4) is 0 Å².